The molecule has 0 aliphatic carbocycles. The van der Waals surface area contributed by atoms with Crippen LogP contribution in [0.25, 0.3) is 0 Å². The minimum Gasteiger partial charge on any atom is -0.393 e. The van der Waals surface area contributed by atoms with E-state index in [1.54, 1.807) is 0 Å². The highest BCUT2D eigenvalue weighted by atomic mass is 28.4. The molecule has 5 heteroatoms. The summed E-state index contributed by atoms with van der Waals surface area (Å²) in [6.45, 7) is 9.60. The first-order valence-electron chi connectivity index (χ1n) is 6.70. The lowest BCUT2D eigenvalue weighted by Crippen LogP contribution is -2.45. The van der Waals surface area contributed by atoms with Gasteiger partial charge in [-0.25, -0.2) is 0 Å². The van der Waals surface area contributed by atoms with Crippen LogP contribution in [0.3, 0.4) is 0 Å². The van der Waals surface area contributed by atoms with Crippen LogP contribution in [0.1, 0.15) is 47.0 Å². The van der Waals surface area contributed by atoms with Gasteiger partial charge in [-0.2, -0.15) is 0 Å². The zero-order valence-electron chi connectivity index (χ0n) is 11.7. The van der Waals surface area contributed by atoms with Crippen LogP contribution in [0.5, 0.6) is 0 Å². The highest BCUT2D eigenvalue weighted by molar-refractivity contribution is 6.60. The van der Waals surface area contributed by atoms with Gasteiger partial charge in [0.1, 0.15) is 0 Å². The Bertz CT molecular complexity index is 159. The van der Waals surface area contributed by atoms with Crippen LogP contribution in [-0.4, -0.2) is 39.8 Å². The minimum atomic E-state index is -2.45. The lowest BCUT2D eigenvalue weighted by molar-refractivity contribution is 0.0702. The van der Waals surface area contributed by atoms with Crippen LogP contribution in [0, 0.1) is 0 Å². The fourth-order valence-electron chi connectivity index (χ4n) is 1.78. The molecule has 0 aromatic carbocycles. The van der Waals surface area contributed by atoms with Gasteiger partial charge in [-0.05, 0) is 40.5 Å². The van der Waals surface area contributed by atoms with E-state index in [9.17, 15) is 5.11 Å². The molecule has 1 atom stereocenters. The average molecular weight is 264 g/mol. The van der Waals surface area contributed by atoms with Crippen molar-refractivity contribution in [1.29, 1.82) is 0 Å². The van der Waals surface area contributed by atoms with E-state index in [0.717, 1.165) is 25.3 Å². The largest absolute Gasteiger partial charge is 0.500 e. The Balaban J connectivity index is 4.14. The molecule has 0 bridgehead atoms. The Labute approximate surface area is 107 Å². The molecule has 17 heavy (non-hydrogen) atoms. The predicted molar refractivity (Wildman–Crippen MR) is 71.0 cm³/mol. The van der Waals surface area contributed by atoms with Gasteiger partial charge in [0.05, 0.1) is 6.10 Å². The third-order valence-electron chi connectivity index (χ3n) is 2.45. The molecular weight excluding hydrogens is 236 g/mol. The maximum Gasteiger partial charge on any atom is 0.500 e. The van der Waals surface area contributed by atoms with E-state index >= 15 is 0 Å². The van der Waals surface area contributed by atoms with Crippen molar-refractivity contribution >= 4 is 8.80 Å². The number of rotatable bonds is 11. The Morgan fingerprint density at radius 1 is 0.941 bits per heavy atom. The van der Waals surface area contributed by atoms with Crippen LogP contribution >= 0.6 is 0 Å². The van der Waals surface area contributed by atoms with Crippen molar-refractivity contribution in [2.75, 3.05) is 19.8 Å². The highest BCUT2D eigenvalue weighted by Gasteiger charge is 2.39. The maximum absolute atomic E-state index is 9.21. The standard InChI is InChI=1S/C12H28O4Si/c1-5-14-17(15-6-2,16-7-3)11-9-8-10-12(4)13/h12-13H,5-11H2,1-4H3. The normalized spacial score (nSPS) is 13.9. The summed E-state index contributed by atoms with van der Waals surface area (Å²) in [4.78, 5) is 0. The Morgan fingerprint density at radius 2 is 1.41 bits per heavy atom. The first-order valence-corrected chi connectivity index (χ1v) is 8.63. The summed E-state index contributed by atoms with van der Waals surface area (Å²) in [5.74, 6) is 0. The third kappa shape index (κ3) is 7.89. The van der Waals surface area contributed by atoms with Gasteiger partial charge in [-0.15, -0.1) is 0 Å². The van der Waals surface area contributed by atoms with E-state index in [0.29, 0.717) is 19.8 Å². The summed E-state index contributed by atoms with van der Waals surface area (Å²) < 4.78 is 17.2. The molecule has 0 rings (SSSR count). The zero-order chi connectivity index (χ0) is 13.1. The molecule has 104 valence electrons. The molecule has 0 spiro atoms. The fraction of sp³-hybridized carbons (Fsp3) is 1.00. The van der Waals surface area contributed by atoms with Gasteiger partial charge in [-0.1, -0.05) is 6.42 Å². The molecule has 1 N–H and O–H groups in total. The summed E-state index contributed by atoms with van der Waals surface area (Å²) in [7, 11) is -2.45. The Hall–Kier alpha value is 0.0569. The van der Waals surface area contributed by atoms with E-state index in [1.165, 1.54) is 0 Å². The van der Waals surface area contributed by atoms with Crippen molar-refractivity contribution in [2.24, 2.45) is 0 Å². The monoisotopic (exact) mass is 264 g/mol. The van der Waals surface area contributed by atoms with Crippen molar-refractivity contribution < 1.29 is 18.4 Å². The first kappa shape index (κ1) is 17.1. The first-order chi connectivity index (χ1) is 8.10. The van der Waals surface area contributed by atoms with Gasteiger partial charge in [0.15, 0.2) is 0 Å². The second kappa shape index (κ2) is 10.0. The van der Waals surface area contributed by atoms with Gasteiger partial charge in [0.2, 0.25) is 0 Å². The number of aliphatic hydroxyl groups excluding tert-OH is 1. The van der Waals surface area contributed by atoms with E-state index in [-0.39, 0.29) is 6.10 Å². The lowest BCUT2D eigenvalue weighted by Gasteiger charge is -2.28. The van der Waals surface area contributed by atoms with Crippen LogP contribution in [-0.2, 0) is 13.3 Å². The number of hydrogen-bond acceptors (Lipinski definition) is 4. The van der Waals surface area contributed by atoms with Gasteiger partial charge < -0.3 is 18.4 Å². The topological polar surface area (TPSA) is 47.9 Å². The summed E-state index contributed by atoms with van der Waals surface area (Å²) in [6, 6.07) is 0.842. The second-order valence-electron chi connectivity index (χ2n) is 4.08. The second-order valence-corrected chi connectivity index (χ2v) is 6.81. The summed E-state index contributed by atoms with van der Waals surface area (Å²) in [5, 5.41) is 9.21. The molecular formula is C12H28O4Si. The molecule has 1 unspecified atom stereocenters. The smallest absolute Gasteiger partial charge is 0.393 e. The van der Waals surface area contributed by atoms with Crippen LogP contribution in [0.2, 0.25) is 6.04 Å². The van der Waals surface area contributed by atoms with E-state index in [2.05, 4.69) is 0 Å². The van der Waals surface area contributed by atoms with Crippen molar-refractivity contribution in [3.63, 3.8) is 0 Å². The highest BCUT2D eigenvalue weighted by Crippen LogP contribution is 2.20. The van der Waals surface area contributed by atoms with Crippen molar-refractivity contribution in [1.82, 2.24) is 0 Å². The number of hydrogen-bond donors (Lipinski definition) is 1. The summed E-state index contributed by atoms with van der Waals surface area (Å²) >= 11 is 0. The molecule has 0 heterocycles. The molecule has 0 aromatic heterocycles. The minimum absolute atomic E-state index is 0.225. The Morgan fingerprint density at radius 3 is 1.76 bits per heavy atom. The maximum atomic E-state index is 9.21. The van der Waals surface area contributed by atoms with Gasteiger partial charge in [0.25, 0.3) is 0 Å². The quantitative estimate of drug-likeness (QED) is 0.460. The molecule has 0 aromatic rings. The predicted octanol–water partition coefficient (Wildman–Crippen LogP) is 2.59. The van der Waals surface area contributed by atoms with Gasteiger partial charge >= 0.3 is 8.80 Å². The molecule has 0 saturated heterocycles. The lowest BCUT2D eigenvalue weighted by atomic mass is 10.2. The van der Waals surface area contributed by atoms with Crippen LogP contribution in [0.15, 0.2) is 0 Å². The zero-order valence-corrected chi connectivity index (χ0v) is 12.7. The van der Waals surface area contributed by atoms with Crippen LogP contribution < -0.4 is 0 Å². The molecule has 0 saturated carbocycles. The molecule has 0 radical (unpaired) electrons. The average Bonchev–Trinajstić information content (AvgIpc) is 2.25. The van der Waals surface area contributed by atoms with E-state index in [1.807, 2.05) is 27.7 Å². The fourth-order valence-corrected chi connectivity index (χ4v) is 4.47. The van der Waals surface area contributed by atoms with Crippen LogP contribution in [0.4, 0.5) is 0 Å². The summed E-state index contributed by atoms with van der Waals surface area (Å²) in [5.41, 5.74) is 0. The molecule has 4 nitrogen and oxygen atoms in total. The molecule has 0 aliphatic rings. The molecule has 0 fully saturated rings. The van der Waals surface area contributed by atoms with Crippen molar-refractivity contribution in [3.8, 4) is 0 Å². The number of aliphatic hydroxyl groups is 1. The van der Waals surface area contributed by atoms with Gasteiger partial charge in [0, 0.05) is 25.9 Å². The van der Waals surface area contributed by atoms with Crippen molar-refractivity contribution in [3.05, 3.63) is 0 Å². The van der Waals surface area contributed by atoms with Gasteiger partial charge in [-0.3, -0.25) is 0 Å². The van der Waals surface area contributed by atoms with Crippen molar-refractivity contribution in [2.45, 2.75) is 59.1 Å². The summed E-state index contributed by atoms with van der Waals surface area (Å²) in [6.07, 6.45) is 2.57. The SMILES string of the molecule is CCO[Si](CCCCC(C)O)(OCC)OCC. The van der Waals surface area contributed by atoms with E-state index < -0.39 is 8.80 Å². The Kier molecular flexibility index (Phi) is 10.1. The van der Waals surface area contributed by atoms with E-state index in [4.69, 9.17) is 13.3 Å². The molecule has 0 aliphatic heterocycles. The third-order valence-corrected chi connectivity index (χ3v) is 5.60. The number of unbranched alkanes of at least 4 members (excludes halogenated alkanes) is 1. The molecule has 0 amide bonds.